The van der Waals surface area contributed by atoms with Gasteiger partial charge in [-0.2, -0.15) is 0 Å². The molecule has 1 heterocycles. The molecule has 1 aliphatic rings. The van der Waals surface area contributed by atoms with Crippen LogP contribution in [-0.4, -0.2) is 48.9 Å². The van der Waals surface area contributed by atoms with Crippen LogP contribution in [0.2, 0.25) is 0 Å². The van der Waals surface area contributed by atoms with E-state index in [1.165, 1.54) is 24.3 Å². The first-order valence-corrected chi connectivity index (χ1v) is 12.2. The Morgan fingerprint density at radius 3 is 2.18 bits per heavy atom. The Morgan fingerprint density at radius 2 is 1.57 bits per heavy atom. The van der Waals surface area contributed by atoms with Crippen molar-refractivity contribution in [2.75, 3.05) is 41.7 Å². The number of hydrogen-bond acceptors (Lipinski definition) is 6. The average Bonchev–Trinajstić information content (AvgIpc) is 2.68. The molecular weight excluding hydrogens is 400 g/mol. The van der Waals surface area contributed by atoms with Crippen LogP contribution in [0.25, 0.3) is 0 Å². The number of nitrogens with zero attached hydrogens (tertiary/aromatic N) is 1. The van der Waals surface area contributed by atoms with Crippen LogP contribution in [0.5, 0.6) is 0 Å². The van der Waals surface area contributed by atoms with E-state index in [-0.39, 0.29) is 21.2 Å². The molecule has 7 nitrogen and oxygen atoms in total. The Kier molecular flexibility index (Phi) is 5.97. The molecule has 28 heavy (non-hydrogen) atoms. The number of benzene rings is 2. The van der Waals surface area contributed by atoms with E-state index in [9.17, 15) is 16.8 Å². The van der Waals surface area contributed by atoms with Crippen molar-refractivity contribution in [1.82, 2.24) is 0 Å². The zero-order valence-electron chi connectivity index (χ0n) is 15.9. The van der Waals surface area contributed by atoms with Crippen molar-refractivity contribution in [3.05, 3.63) is 48.0 Å². The van der Waals surface area contributed by atoms with Gasteiger partial charge in [-0.15, -0.1) is 0 Å². The summed E-state index contributed by atoms with van der Waals surface area (Å²) in [6.07, 6.45) is 0. The van der Waals surface area contributed by atoms with Crippen molar-refractivity contribution in [1.29, 1.82) is 0 Å². The summed E-state index contributed by atoms with van der Waals surface area (Å²) < 4.78 is 58.3. The van der Waals surface area contributed by atoms with Crippen LogP contribution in [0.4, 0.5) is 11.4 Å². The molecule has 1 fully saturated rings. The maximum atomic E-state index is 12.9. The van der Waals surface area contributed by atoms with Gasteiger partial charge in [0.15, 0.2) is 9.84 Å². The average molecular weight is 425 g/mol. The highest BCUT2D eigenvalue weighted by molar-refractivity contribution is 7.92. The first kappa shape index (κ1) is 20.6. The normalized spacial score (nSPS) is 15.4. The summed E-state index contributed by atoms with van der Waals surface area (Å²) in [5.74, 6) is -0.0615. The van der Waals surface area contributed by atoms with Crippen molar-refractivity contribution in [2.24, 2.45) is 0 Å². The van der Waals surface area contributed by atoms with Crippen molar-refractivity contribution >= 4 is 31.2 Å². The largest absolute Gasteiger partial charge is 0.378 e. The molecule has 0 bridgehead atoms. The van der Waals surface area contributed by atoms with Gasteiger partial charge in [-0.1, -0.05) is 24.6 Å². The zero-order chi connectivity index (χ0) is 20.4. The molecule has 3 rings (SSSR count). The van der Waals surface area contributed by atoms with Gasteiger partial charge in [0.25, 0.3) is 10.0 Å². The fourth-order valence-electron chi connectivity index (χ4n) is 2.96. The van der Waals surface area contributed by atoms with Crippen LogP contribution in [0.15, 0.2) is 52.3 Å². The lowest BCUT2D eigenvalue weighted by atomic mass is 10.2. The SMILES string of the molecule is CCS(=O)(=O)c1ccc(N2CCOCC2)c(NS(=O)(=O)c2ccc(C)cc2)c1. The van der Waals surface area contributed by atoms with E-state index in [0.717, 1.165) is 5.56 Å². The van der Waals surface area contributed by atoms with Gasteiger partial charge in [-0.05, 0) is 37.3 Å². The van der Waals surface area contributed by atoms with Crippen LogP contribution in [0.3, 0.4) is 0 Å². The lowest BCUT2D eigenvalue weighted by molar-refractivity contribution is 0.123. The molecule has 9 heteroatoms. The number of morpholine rings is 1. The second-order valence-electron chi connectivity index (χ2n) is 6.60. The fraction of sp³-hybridized carbons (Fsp3) is 0.368. The number of hydrogen-bond donors (Lipinski definition) is 1. The highest BCUT2D eigenvalue weighted by Gasteiger charge is 2.22. The minimum absolute atomic E-state index is 0.0615. The van der Waals surface area contributed by atoms with E-state index in [4.69, 9.17) is 4.74 Å². The molecule has 0 amide bonds. The van der Waals surface area contributed by atoms with E-state index in [1.807, 2.05) is 11.8 Å². The molecule has 0 unspecified atom stereocenters. The summed E-state index contributed by atoms with van der Waals surface area (Å²) in [5.41, 5.74) is 1.83. The molecule has 1 saturated heterocycles. The predicted molar refractivity (Wildman–Crippen MR) is 109 cm³/mol. The third-order valence-electron chi connectivity index (χ3n) is 4.63. The monoisotopic (exact) mass is 424 g/mol. The summed E-state index contributed by atoms with van der Waals surface area (Å²) in [6, 6.07) is 11.1. The number of anilines is 2. The van der Waals surface area contributed by atoms with Crippen LogP contribution in [-0.2, 0) is 24.6 Å². The third-order valence-corrected chi connectivity index (χ3v) is 7.75. The summed E-state index contributed by atoms with van der Waals surface area (Å²) in [5, 5.41) is 0. The second kappa shape index (κ2) is 8.10. The molecule has 2 aromatic rings. The van der Waals surface area contributed by atoms with Crippen molar-refractivity contribution in [3.63, 3.8) is 0 Å². The van der Waals surface area contributed by atoms with E-state index in [2.05, 4.69) is 4.72 Å². The minimum atomic E-state index is -3.86. The molecule has 2 aromatic carbocycles. The van der Waals surface area contributed by atoms with Gasteiger partial charge in [0, 0.05) is 13.1 Å². The lowest BCUT2D eigenvalue weighted by Gasteiger charge is -2.31. The number of aryl methyl sites for hydroxylation is 1. The summed E-state index contributed by atoms with van der Waals surface area (Å²) in [4.78, 5) is 2.20. The molecule has 0 atom stereocenters. The van der Waals surface area contributed by atoms with Gasteiger partial charge < -0.3 is 9.64 Å². The van der Waals surface area contributed by atoms with Gasteiger partial charge in [0.2, 0.25) is 0 Å². The molecule has 1 aliphatic heterocycles. The number of sulfonamides is 1. The molecule has 152 valence electrons. The number of ether oxygens (including phenoxy) is 1. The Balaban J connectivity index is 2.04. The molecule has 0 spiro atoms. The second-order valence-corrected chi connectivity index (χ2v) is 10.6. The summed E-state index contributed by atoms with van der Waals surface area (Å²) in [7, 11) is -7.34. The number of rotatable bonds is 6. The Labute approximate surface area is 166 Å². The predicted octanol–water partition coefficient (Wildman–Crippen LogP) is 2.43. The number of nitrogens with one attached hydrogen (secondary N) is 1. The van der Waals surface area contributed by atoms with Gasteiger partial charge in [0.1, 0.15) is 0 Å². The highest BCUT2D eigenvalue weighted by Crippen LogP contribution is 2.32. The standard InChI is InChI=1S/C19H24N2O5S2/c1-3-27(22,23)17-8-9-19(21-10-12-26-13-11-21)18(14-17)20-28(24,25)16-6-4-15(2)5-7-16/h4-9,14,20H,3,10-13H2,1-2H3. The first-order valence-electron chi connectivity index (χ1n) is 9.02. The quantitative estimate of drug-likeness (QED) is 0.766. The van der Waals surface area contributed by atoms with Crippen molar-refractivity contribution < 1.29 is 21.6 Å². The van der Waals surface area contributed by atoms with Crippen molar-refractivity contribution in [2.45, 2.75) is 23.6 Å². The molecule has 0 aromatic heterocycles. The molecule has 1 N–H and O–H groups in total. The fourth-order valence-corrected chi connectivity index (χ4v) is 4.93. The summed E-state index contributed by atoms with van der Waals surface area (Å²) in [6.45, 7) is 5.68. The van der Waals surface area contributed by atoms with E-state index in [1.54, 1.807) is 25.1 Å². The Hall–Kier alpha value is -2.10. The maximum Gasteiger partial charge on any atom is 0.261 e. The summed E-state index contributed by atoms with van der Waals surface area (Å²) >= 11 is 0. The van der Waals surface area contributed by atoms with Gasteiger partial charge in [0.05, 0.1) is 40.1 Å². The third kappa shape index (κ3) is 4.48. The smallest absolute Gasteiger partial charge is 0.261 e. The number of sulfone groups is 1. The van der Waals surface area contributed by atoms with Crippen LogP contribution in [0.1, 0.15) is 12.5 Å². The van der Waals surface area contributed by atoms with E-state index in [0.29, 0.717) is 32.0 Å². The van der Waals surface area contributed by atoms with Gasteiger partial charge >= 0.3 is 0 Å². The zero-order valence-corrected chi connectivity index (χ0v) is 17.5. The minimum Gasteiger partial charge on any atom is -0.378 e. The van der Waals surface area contributed by atoms with Crippen molar-refractivity contribution in [3.8, 4) is 0 Å². The molecular formula is C19H24N2O5S2. The van der Waals surface area contributed by atoms with Gasteiger partial charge in [-0.25, -0.2) is 16.8 Å². The molecule has 0 saturated carbocycles. The molecule has 0 aliphatic carbocycles. The molecule has 0 radical (unpaired) electrons. The van der Waals surface area contributed by atoms with Crippen LogP contribution >= 0.6 is 0 Å². The topological polar surface area (TPSA) is 92.8 Å². The first-order chi connectivity index (χ1) is 13.2. The Bertz CT molecular complexity index is 1040. The van der Waals surface area contributed by atoms with Gasteiger partial charge in [-0.3, -0.25) is 4.72 Å². The highest BCUT2D eigenvalue weighted by atomic mass is 32.2. The van der Waals surface area contributed by atoms with Crippen LogP contribution < -0.4 is 9.62 Å². The maximum absolute atomic E-state index is 12.9. The lowest BCUT2D eigenvalue weighted by Crippen LogP contribution is -2.36. The van der Waals surface area contributed by atoms with Crippen LogP contribution in [0, 0.1) is 6.92 Å². The Morgan fingerprint density at radius 1 is 0.964 bits per heavy atom. The van der Waals surface area contributed by atoms with E-state index >= 15 is 0 Å². The van der Waals surface area contributed by atoms with E-state index < -0.39 is 19.9 Å².